The van der Waals surface area contributed by atoms with E-state index in [9.17, 15) is 35.2 Å². The second-order valence-corrected chi connectivity index (χ2v) is 12.7. The first-order valence-corrected chi connectivity index (χ1v) is 13.6. The molecule has 2 saturated heterocycles. The van der Waals surface area contributed by atoms with Gasteiger partial charge < -0.3 is 14.5 Å². The molecule has 2 aliphatic heterocycles. The maximum atomic E-state index is 14.2. The Hall–Kier alpha value is -2.81. The van der Waals surface area contributed by atoms with E-state index in [1.165, 1.54) is 0 Å². The molecule has 1 N–H and O–H groups in total. The molecule has 4 fully saturated rings. The molecule has 2 aromatic rings. The minimum atomic E-state index is -5.64. The summed E-state index contributed by atoms with van der Waals surface area (Å²) in [4.78, 5) is 19.2. The van der Waals surface area contributed by atoms with Crippen LogP contribution in [0.25, 0.3) is 0 Å². The molecule has 1 aromatic heterocycles. The summed E-state index contributed by atoms with van der Waals surface area (Å²) in [6.45, 7) is 1.55. The van der Waals surface area contributed by atoms with Crippen molar-refractivity contribution < 1.29 is 39.9 Å². The summed E-state index contributed by atoms with van der Waals surface area (Å²) in [7, 11) is -5.64. The second kappa shape index (κ2) is 8.34. The van der Waals surface area contributed by atoms with Crippen LogP contribution in [0.5, 0.6) is 0 Å². The van der Waals surface area contributed by atoms with Crippen LogP contribution in [0, 0.1) is 11.2 Å². The van der Waals surface area contributed by atoms with E-state index in [4.69, 9.17) is 4.74 Å². The van der Waals surface area contributed by atoms with Crippen molar-refractivity contribution in [3.63, 3.8) is 0 Å². The molecule has 4 aliphatic rings. The number of rotatable bonds is 6. The highest BCUT2D eigenvalue weighted by molar-refractivity contribution is 7.92. The lowest BCUT2D eigenvalue weighted by Crippen LogP contribution is -2.68. The maximum absolute atomic E-state index is 14.2. The summed E-state index contributed by atoms with van der Waals surface area (Å²) >= 11 is 0. The first-order valence-electron chi connectivity index (χ1n) is 12.2. The van der Waals surface area contributed by atoms with Gasteiger partial charge in [0.05, 0.1) is 30.7 Å². The molecule has 0 radical (unpaired) electrons. The smallest absolute Gasteiger partial charge is 0.370 e. The average molecular weight is 562 g/mol. The summed E-state index contributed by atoms with van der Waals surface area (Å²) in [5, 5.41) is 6.88. The van der Waals surface area contributed by atoms with Crippen LogP contribution in [0.3, 0.4) is 0 Å². The molecule has 9 nitrogen and oxygen atoms in total. The van der Waals surface area contributed by atoms with E-state index in [2.05, 4.69) is 15.2 Å². The zero-order chi connectivity index (χ0) is 27.1. The van der Waals surface area contributed by atoms with Gasteiger partial charge in [-0.1, -0.05) is 6.07 Å². The Morgan fingerprint density at radius 3 is 2.45 bits per heavy atom. The standard InChI is InChI=1S/C23H24F5N5O4S/c24-17-5-16(38(35,36)23(26,27)28)2-1-13(17)10-37-15-8-32(9-15)20(34)33-11-21(12-33)6-14(7-21)18-29-19(31-30-18)22(25)3-4-22/h1-2,5,14-15H,3-4,6-12H2,(H,29,30,31). The molecule has 1 aromatic carbocycles. The molecule has 2 aliphatic carbocycles. The third-order valence-electron chi connectivity index (χ3n) is 7.89. The number of halogens is 5. The lowest BCUT2D eigenvalue weighted by molar-refractivity contribution is -0.0830. The zero-order valence-electron chi connectivity index (χ0n) is 20.0. The number of benzene rings is 1. The van der Waals surface area contributed by atoms with Crippen molar-refractivity contribution in [1.29, 1.82) is 0 Å². The minimum absolute atomic E-state index is 0.0459. The SMILES string of the molecule is O=C(N1CC(OCc2ccc(S(=O)(=O)C(F)(F)F)cc2F)C1)N1CC2(CC(c3nc(C4(F)CC4)n[nH]3)C2)C1. The van der Waals surface area contributed by atoms with E-state index in [1.807, 2.05) is 0 Å². The second-order valence-electron chi connectivity index (χ2n) is 10.8. The number of likely N-dealkylation sites (tertiary alicyclic amines) is 2. The van der Waals surface area contributed by atoms with Gasteiger partial charge in [0, 0.05) is 30.0 Å². The Labute approximate surface area is 214 Å². The fourth-order valence-corrected chi connectivity index (χ4v) is 6.15. The maximum Gasteiger partial charge on any atom is 0.501 e. The largest absolute Gasteiger partial charge is 0.501 e. The number of ether oxygens (including phenoxy) is 1. The molecule has 6 rings (SSSR count). The van der Waals surface area contributed by atoms with Gasteiger partial charge in [-0.3, -0.25) is 5.10 Å². The van der Waals surface area contributed by atoms with Crippen LogP contribution in [0.15, 0.2) is 23.1 Å². The van der Waals surface area contributed by atoms with Crippen LogP contribution in [-0.2, 0) is 26.8 Å². The molecule has 206 valence electrons. The minimum Gasteiger partial charge on any atom is -0.370 e. The zero-order valence-corrected chi connectivity index (χ0v) is 20.8. The van der Waals surface area contributed by atoms with Gasteiger partial charge in [0.25, 0.3) is 9.84 Å². The van der Waals surface area contributed by atoms with Gasteiger partial charge in [0.15, 0.2) is 11.5 Å². The molecule has 1 spiro atoms. The molecule has 0 atom stereocenters. The lowest BCUT2D eigenvalue weighted by Gasteiger charge is -2.59. The average Bonchev–Trinajstić information content (AvgIpc) is 3.31. The van der Waals surface area contributed by atoms with Crippen LogP contribution in [0.2, 0.25) is 0 Å². The fourth-order valence-electron chi connectivity index (χ4n) is 5.38. The molecule has 38 heavy (non-hydrogen) atoms. The number of amides is 2. The molecule has 3 heterocycles. The number of hydrogen-bond donors (Lipinski definition) is 1. The Morgan fingerprint density at radius 1 is 1.16 bits per heavy atom. The predicted molar refractivity (Wildman–Crippen MR) is 120 cm³/mol. The van der Waals surface area contributed by atoms with Gasteiger partial charge >= 0.3 is 11.5 Å². The molecule has 2 saturated carbocycles. The monoisotopic (exact) mass is 561 g/mol. The molecular weight excluding hydrogens is 537 g/mol. The molecule has 15 heteroatoms. The van der Waals surface area contributed by atoms with Crippen LogP contribution >= 0.6 is 0 Å². The summed E-state index contributed by atoms with van der Waals surface area (Å²) in [6.07, 6.45) is 2.25. The molecule has 0 bridgehead atoms. The van der Waals surface area contributed by atoms with Gasteiger partial charge in [-0.25, -0.2) is 27.0 Å². The van der Waals surface area contributed by atoms with E-state index < -0.39 is 31.7 Å². The first kappa shape index (κ1) is 25.5. The van der Waals surface area contributed by atoms with Gasteiger partial charge in [0.1, 0.15) is 11.6 Å². The van der Waals surface area contributed by atoms with Crippen LogP contribution < -0.4 is 0 Å². The van der Waals surface area contributed by atoms with Crippen molar-refractivity contribution in [3.8, 4) is 0 Å². The van der Waals surface area contributed by atoms with Gasteiger partial charge in [-0.05, 0) is 37.8 Å². The highest BCUT2D eigenvalue weighted by Crippen LogP contribution is 2.56. The number of hydrogen-bond acceptors (Lipinski definition) is 6. The van der Waals surface area contributed by atoms with E-state index in [-0.39, 0.29) is 41.5 Å². The number of carbonyl (C=O) groups is 1. The molecular formula is C23H24F5N5O4S. The summed E-state index contributed by atoms with van der Waals surface area (Å²) < 4.78 is 94.7. The third kappa shape index (κ3) is 4.23. The first-order chi connectivity index (χ1) is 17.8. The summed E-state index contributed by atoms with van der Waals surface area (Å²) in [5.41, 5.74) is -6.93. The number of nitrogens with one attached hydrogen (secondary N) is 1. The van der Waals surface area contributed by atoms with E-state index >= 15 is 0 Å². The Bertz CT molecular complexity index is 1370. The van der Waals surface area contributed by atoms with Crippen molar-refractivity contribution in [3.05, 3.63) is 41.2 Å². The van der Waals surface area contributed by atoms with Crippen LogP contribution in [0.1, 0.15) is 48.8 Å². The van der Waals surface area contributed by atoms with E-state index in [0.717, 1.165) is 18.9 Å². The topological polar surface area (TPSA) is 108 Å². The van der Waals surface area contributed by atoms with Crippen molar-refractivity contribution in [2.75, 3.05) is 26.2 Å². The Balaban J connectivity index is 0.932. The number of carbonyl (C=O) groups excluding carboxylic acids is 1. The quantitative estimate of drug-likeness (QED) is 0.542. The number of H-pyrrole nitrogens is 1. The van der Waals surface area contributed by atoms with Gasteiger partial charge in [-0.15, -0.1) is 0 Å². The van der Waals surface area contributed by atoms with Gasteiger partial charge in [0.2, 0.25) is 0 Å². The highest BCUT2D eigenvalue weighted by Gasteiger charge is 2.56. The van der Waals surface area contributed by atoms with Crippen LogP contribution in [0.4, 0.5) is 26.7 Å². The number of aromatic amines is 1. The van der Waals surface area contributed by atoms with Crippen molar-refractivity contribution in [2.45, 2.75) is 60.4 Å². The summed E-state index contributed by atoms with van der Waals surface area (Å²) in [6, 6.07) is 1.84. The number of sulfone groups is 1. The van der Waals surface area contributed by atoms with Crippen LogP contribution in [-0.4, -0.2) is 77.2 Å². The fraction of sp³-hybridized carbons (Fsp3) is 0.609. The third-order valence-corrected chi connectivity index (χ3v) is 9.38. The normalized spacial score (nSPS) is 22.7. The molecule has 2 amide bonds. The summed E-state index contributed by atoms with van der Waals surface area (Å²) in [5.74, 6) is 0.00362. The van der Waals surface area contributed by atoms with E-state index in [0.29, 0.717) is 57.0 Å². The molecule has 0 unspecified atom stereocenters. The Morgan fingerprint density at radius 2 is 1.84 bits per heavy atom. The predicted octanol–water partition coefficient (Wildman–Crippen LogP) is 3.40. The van der Waals surface area contributed by atoms with Gasteiger partial charge in [-0.2, -0.15) is 18.3 Å². The van der Waals surface area contributed by atoms with Crippen molar-refractivity contribution in [2.24, 2.45) is 5.41 Å². The van der Waals surface area contributed by atoms with Crippen molar-refractivity contribution >= 4 is 15.9 Å². The number of urea groups is 1. The Kier molecular flexibility index (Phi) is 5.59. The lowest BCUT2D eigenvalue weighted by atomic mass is 9.57. The number of aromatic nitrogens is 3. The van der Waals surface area contributed by atoms with Crippen molar-refractivity contribution in [1.82, 2.24) is 25.0 Å². The highest BCUT2D eigenvalue weighted by atomic mass is 32.2. The number of nitrogens with zero attached hydrogens (tertiary/aromatic N) is 4. The van der Waals surface area contributed by atoms with E-state index in [1.54, 1.807) is 9.80 Å². The number of alkyl halides is 4.